The molecule has 0 amide bonds. The number of aliphatic carboxylic acids is 1. The van der Waals surface area contributed by atoms with Crippen molar-refractivity contribution in [1.29, 1.82) is 0 Å². The van der Waals surface area contributed by atoms with Gasteiger partial charge in [0.25, 0.3) is 0 Å². The van der Waals surface area contributed by atoms with E-state index >= 15 is 0 Å². The van der Waals surface area contributed by atoms with Crippen LogP contribution in [-0.4, -0.2) is 32.8 Å². The van der Waals surface area contributed by atoms with Gasteiger partial charge in [0, 0.05) is 17.7 Å². The molecule has 1 unspecified atom stereocenters. The number of alkyl halides is 1. The van der Waals surface area contributed by atoms with Gasteiger partial charge in [0.2, 0.25) is 0 Å². The molecule has 0 heterocycles. The van der Waals surface area contributed by atoms with E-state index in [-0.39, 0.29) is 23.6 Å². The van der Waals surface area contributed by atoms with Crippen molar-refractivity contribution >= 4 is 17.6 Å². The number of halogens is 1. The van der Waals surface area contributed by atoms with Gasteiger partial charge < -0.3 is 15.3 Å². The van der Waals surface area contributed by atoms with Crippen molar-refractivity contribution < 1.29 is 20.1 Å². The van der Waals surface area contributed by atoms with E-state index in [1.165, 1.54) is 32.1 Å². The lowest BCUT2D eigenvalue weighted by Gasteiger charge is -2.25. The van der Waals surface area contributed by atoms with Gasteiger partial charge in [0.05, 0.1) is 12.2 Å². The molecule has 4 nitrogen and oxygen atoms in total. The molecule has 3 rings (SSSR count). The molecule has 2 aliphatic carbocycles. The summed E-state index contributed by atoms with van der Waals surface area (Å²) in [6, 6.07) is 8.11. The fourth-order valence-electron chi connectivity index (χ4n) is 5.38. The van der Waals surface area contributed by atoms with Gasteiger partial charge in [-0.1, -0.05) is 68.5 Å². The highest BCUT2D eigenvalue weighted by Gasteiger charge is 2.41. The number of hydrogen-bond donors (Lipinski definition) is 3. The number of hydrogen-bond acceptors (Lipinski definition) is 3. The van der Waals surface area contributed by atoms with Gasteiger partial charge in [-0.2, -0.15) is 0 Å². The Morgan fingerprint density at radius 1 is 1.13 bits per heavy atom. The SMILES string of the molecule is O=C(O)CCC/C=C\C[C@@H]1[C@@H](c2ccc(C(O)CC3CCCCC3)cc2)[C@H](O)C[C@@H]1Cl. The summed E-state index contributed by atoms with van der Waals surface area (Å²) in [5, 5.41) is 30.0. The highest BCUT2D eigenvalue weighted by molar-refractivity contribution is 6.21. The smallest absolute Gasteiger partial charge is 0.303 e. The first kappa shape index (κ1) is 24.3. The number of aliphatic hydroxyl groups is 2. The van der Waals surface area contributed by atoms with E-state index in [9.17, 15) is 15.0 Å². The summed E-state index contributed by atoms with van der Waals surface area (Å²) in [4.78, 5) is 10.6. The Labute approximate surface area is 191 Å². The summed E-state index contributed by atoms with van der Waals surface area (Å²) in [5.74, 6) is -0.00892. The molecule has 5 heteroatoms. The van der Waals surface area contributed by atoms with Crippen molar-refractivity contribution in [3.63, 3.8) is 0 Å². The zero-order valence-electron chi connectivity index (χ0n) is 18.3. The number of carboxylic acids is 1. The predicted molar refractivity (Wildman–Crippen MR) is 124 cm³/mol. The number of unbranched alkanes of at least 4 members (excludes halogenated alkanes) is 1. The lowest BCUT2D eigenvalue weighted by molar-refractivity contribution is -0.137. The summed E-state index contributed by atoms with van der Waals surface area (Å²) in [6.07, 6.45) is 13.3. The molecule has 172 valence electrons. The Balaban J connectivity index is 1.58. The minimum absolute atomic E-state index is 0.0179. The Bertz CT molecular complexity index is 711. The van der Waals surface area contributed by atoms with Crippen LogP contribution in [0.15, 0.2) is 36.4 Å². The van der Waals surface area contributed by atoms with E-state index in [0.717, 1.165) is 30.4 Å². The van der Waals surface area contributed by atoms with Crippen molar-refractivity contribution in [2.24, 2.45) is 11.8 Å². The second-order valence-corrected chi connectivity index (χ2v) is 9.98. The molecule has 2 aliphatic rings. The molecular formula is C26H37ClO4. The topological polar surface area (TPSA) is 77.8 Å². The summed E-state index contributed by atoms with van der Waals surface area (Å²) in [7, 11) is 0. The van der Waals surface area contributed by atoms with Crippen LogP contribution in [0.1, 0.15) is 93.8 Å². The summed E-state index contributed by atoms with van der Waals surface area (Å²) >= 11 is 6.58. The van der Waals surface area contributed by atoms with Crippen molar-refractivity contribution in [2.75, 3.05) is 0 Å². The van der Waals surface area contributed by atoms with Crippen LogP contribution in [0.2, 0.25) is 0 Å². The van der Waals surface area contributed by atoms with Gasteiger partial charge in [-0.15, -0.1) is 11.6 Å². The van der Waals surface area contributed by atoms with E-state index in [4.69, 9.17) is 16.7 Å². The van der Waals surface area contributed by atoms with Crippen LogP contribution in [0.5, 0.6) is 0 Å². The first-order valence-corrected chi connectivity index (χ1v) is 12.4. The number of benzene rings is 1. The first-order chi connectivity index (χ1) is 15.0. The van der Waals surface area contributed by atoms with Crippen molar-refractivity contribution in [3.8, 4) is 0 Å². The van der Waals surface area contributed by atoms with Gasteiger partial charge in [-0.3, -0.25) is 4.79 Å². The van der Waals surface area contributed by atoms with Crippen molar-refractivity contribution in [1.82, 2.24) is 0 Å². The standard InChI is InChI=1S/C26H37ClO4/c27-22-17-24(29)26(21(22)10-6-1-2-7-11-25(30)31)20-14-12-19(13-15-20)23(28)16-18-8-4-3-5-9-18/h1,6,12-15,18,21-24,26,28-29H,2-5,7-11,16-17H2,(H,30,31)/b6-1-/t21-,22-,23?,24+,26+/m0/s1. The summed E-state index contributed by atoms with van der Waals surface area (Å²) < 4.78 is 0. The van der Waals surface area contributed by atoms with Crippen LogP contribution in [0.3, 0.4) is 0 Å². The maximum absolute atomic E-state index is 10.7. The molecule has 2 saturated carbocycles. The number of aliphatic hydroxyl groups excluding tert-OH is 2. The number of carboxylic acid groups (broad SMARTS) is 1. The fraction of sp³-hybridized carbons (Fsp3) is 0.654. The van der Waals surface area contributed by atoms with Crippen LogP contribution in [-0.2, 0) is 4.79 Å². The monoisotopic (exact) mass is 448 g/mol. The molecule has 2 fully saturated rings. The van der Waals surface area contributed by atoms with E-state index < -0.39 is 18.2 Å². The van der Waals surface area contributed by atoms with E-state index in [2.05, 4.69) is 6.08 Å². The lowest BCUT2D eigenvalue weighted by atomic mass is 9.83. The normalized spacial score (nSPS) is 28.2. The molecular weight excluding hydrogens is 412 g/mol. The Morgan fingerprint density at radius 2 is 1.84 bits per heavy atom. The highest BCUT2D eigenvalue weighted by atomic mass is 35.5. The molecule has 1 aromatic carbocycles. The number of carbonyl (C=O) groups is 1. The minimum atomic E-state index is -0.763. The average Bonchev–Trinajstić information content (AvgIpc) is 3.04. The molecule has 0 radical (unpaired) electrons. The predicted octanol–water partition coefficient (Wildman–Crippen LogP) is 5.96. The van der Waals surface area contributed by atoms with E-state index in [1.807, 2.05) is 30.3 Å². The third-order valence-electron chi connectivity index (χ3n) is 7.13. The van der Waals surface area contributed by atoms with Gasteiger partial charge in [-0.25, -0.2) is 0 Å². The zero-order valence-corrected chi connectivity index (χ0v) is 19.1. The molecule has 0 aliphatic heterocycles. The summed E-state index contributed by atoms with van der Waals surface area (Å²) in [6.45, 7) is 0. The number of allylic oxidation sites excluding steroid dienone is 2. The molecule has 0 bridgehead atoms. The largest absolute Gasteiger partial charge is 0.481 e. The van der Waals surface area contributed by atoms with Crippen LogP contribution < -0.4 is 0 Å². The van der Waals surface area contributed by atoms with Crippen molar-refractivity contribution in [2.45, 2.75) is 94.1 Å². The average molecular weight is 449 g/mol. The Kier molecular flexibility index (Phi) is 9.43. The van der Waals surface area contributed by atoms with Crippen LogP contribution >= 0.6 is 11.6 Å². The van der Waals surface area contributed by atoms with Crippen LogP contribution in [0.4, 0.5) is 0 Å². The minimum Gasteiger partial charge on any atom is -0.481 e. The zero-order chi connectivity index (χ0) is 22.2. The van der Waals surface area contributed by atoms with Crippen molar-refractivity contribution in [3.05, 3.63) is 47.5 Å². The van der Waals surface area contributed by atoms with Gasteiger partial charge in [-0.05, 0) is 55.1 Å². The number of rotatable bonds is 10. The third kappa shape index (κ3) is 7.06. The molecule has 31 heavy (non-hydrogen) atoms. The molecule has 0 saturated heterocycles. The molecule has 1 aromatic rings. The van der Waals surface area contributed by atoms with Gasteiger partial charge >= 0.3 is 5.97 Å². The lowest BCUT2D eigenvalue weighted by Crippen LogP contribution is -2.18. The summed E-state index contributed by atoms with van der Waals surface area (Å²) in [5.41, 5.74) is 2.03. The van der Waals surface area contributed by atoms with Gasteiger partial charge in [0.1, 0.15) is 0 Å². The quantitative estimate of drug-likeness (QED) is 0.234. The van der Waals surface area contributed by atoms with E-state index in [1.54, 1.807) is 0 Å². The molecule has 0 aromatic heterocycles. The van der Waals surface area contributed by atoms with E-state index in [0.29, 0.717) is 18.8 Å². The second-order valence-electron chi connectivity index (χ2n) is 9.42. The van der Waals surface area contributed by atoms with Crippen LogP contribution in [0.25, 0.3) is 0 Å². The second kappa shape index (κ2) is 12.0. The molecule has 0 spiro atoms. The Morgan fingerprint density at radius 3 is 2.52 bits per heavy atom. The molecule has 3 N–H and O–H groups in total. The third-order valence-corrected chi connectivity index (χ3v) is 7.63. The maximum Gasteiger partial charge on any atom is 0.303 e. The van der Waals surface area contributed by atoms with Gasteiger partial charge in [0.15, 0.2) is 0 Å². The first-order valence-electron chi connectivity index (χ1n) is 11.9. The molecule has 5 atom stereocenters. The van der Waals surface area contributed by atoms with Crippen LogP contribution in [0, 0.1) is 11.8 Å². The maximum atomic E-state index is 10.7. The Hall–Kier alpha value is -1.36. The highest BCUT2D eigenvalue weighted by Crippen LogP contribution is 2.45. The fourth-order valence-corrected chi connectivity index (χ4v) is 5.83.